The van der Waals surface area contributed by atoms with E-state index in [1.807, 2.05) is 42.7 Å². The number of thiocarbonyl (C=S) groups is 1. The van der Waals surface area contributed by atoms with E-state index < -0.39 is 0 Å². The monoisotopic (exact) mass is 644 g/mol. The van der Waals surface area contributed by atoms with Crippen LogP contribution in [0.1, 0.15) is 55.0 Å². The van der Waals surface area contributed by atoms with E-state index in [1.54, 1.807) is 18.3 Å². The minimum Gasteiger partial charge on any atom is -0.496 e. The lowest BCUT2D eigenvalue weighted by molar-refractivity contribution is -0.384. The van der Waals surface area contributed by atoms with Gasteiger partial charge in [0, 0.05) is 36.4 Å². The van der Waals surface area contributed by atoms with Gasteiger partial charge in [0.2, 0.25) is 0 Å². The Morgan fingerprint density at radius 3 is 2.42 bits per heavy atom. The number of rotatable bonds is 7. The van der Waals surface area contributed by atoms with E-state index in [0.717, 1.165) is 47.1 Å². The Morgan fingerprint density at radius 2 is 1.78 bits per heavy atom. The van der Waals surface area contributed by atoms with E-state index in [0.29, 0.717) is 33.4 Å². The molecule has 4 heterocycles. The van der Waals surface area contributed by atoms with E-state index in [4.69, 9.17) is 28.6 Å². The lowest BCUT2D eigenvalue weighted by atomic mass is 9.91. The molecular weight excluding hydrogens is 608 g/mol. The summed E-state index contributed by atoms with van der Waals surface area (Å²) in [6.45, 7) is 10.5. The van der Waals surface area contributed by atoms with Crippen molar-refractivity contribution >= 4 is 46.0 Å². The number of hydrogen-bond acceptors (Lipinski definition) is 6. The lowest BCUT2D eigenvalue weighted by Crippen LogP contribution is -2.38. The fourth-order valence-corrected chi connectivity index (χ4v) is 7.77. The molecule has 0 spiro atoms. The molecule has 2 aliphatic heterocycles. The smallest absolute Gasteiger partial charge is 0.296 e. The number of aromatic nitrogens is 2. The number of piperidine rings is 1. The summed E-state index contributed by atoms with van der Waals surface area (Å²) in [6, 6.07) is 18.4. The average molecular weight is 645 g/mol. The summed E-state index contributed by atoms with van der Waals surface area (Å²) < 4.78 is 7.21. The highest BCUT2D eigenvalue weighted by atomic mass is 35.5. The molecule has 234 valence electrons. The summed E-state index contributed by atoms with van der Waals surface area (Å²) in [4.78, 5) is 20.9. The SMILES string of the molecule is COc1ccc(-n2c(C)cc([C@@H]3[C@H](c4ccccn4)NC(=S)N3c3ccc(N4C[C@H](C)C[C@@H](C)C4)c(Cl)c3)c2C)c([N+](=O)[O-])c1. The van der Waals surface area contributed by atoms with Crippen molar-refractivity contribution < 1.29 is 9.66 Å². The van der Waals surface area contributed by atoms with Gasteiger partial charge in [0.1, 0.15) is 11.4 Å². The zero-order valence-electron chi connectivity index (χ0n) is 26.0. The molecule has 9 nitrogen and oxygen atoms in total. The van der Waals surface area contributed by atoms with Crippen LogP contribution in [0.3, 0.4) is 0 Å². The number of pyridine rings is 1. The highest BCUT2D eigenvalue weighted by Crippen LogP contribution is 2.46. The summed E-state index contributed by atoms with van der Waals surface area (Å²) in [5, 5.41) is 16.9. The van der Waals surface area contributed by atoms with Crippen LogP contribution in [0.15, 0.2) is 66.9 Å². The molecule has 2 fully saturated rings. The van der Waals surface area contributed by atoms with Crippen LogP contribution in [0.2, 0.25) is 5.02 Å². The van der Waals surface area contributed by atoms with Crippen molar-refractivity contribution in [2.45, 2.75) is 46.2 Å². The van der Waals surface area contributed by atoms with Gasteiger partial charge in [-0.25, -0.2) is 0 Å². The predicted molar refractivity (Wildman–Crippen MR) is 183 cm³/mol. The van der Waals surface area contributed by atoms with Crippen LogP contribution in [-0.4, -0.2) is 39.8 Å². The molecule has 6 rings (SSSR count). The second-order valence-electron chi connectivity index (χ2n) is 12.3. The number of nitrogens with zero attached hydrogens (tertiary/aromatic N) is 5. The zero-order chi connectivity index (χ0) is 32.0. The van der Waals surface area contributed by atoms with Crippen LogP contribution < -0.4 is 19.9 Å². The maximum Gasteiger partial charge on any atom is 0.296 e. The van der Waals surface area contributed by atoms with Crippen molar-refractivity contribution in [3.8, 4) is 11.4 Å². The molecule has 0 saturated carbocycles. The fraction of sp³-hybridized carbons (Fsp3) is 0.353. The molecular formula is C34H37ClN6O3S. The van der Waals surface area contributed by atoms with E-state index in [-0.39, 0.29) is 22.7 Å². The number of nitro groups is 1. The van der Waals surface area contributed by atoms with Gasteiger partial charge in [0.25, 0.3) is 5.69 Å². The molecule has 2 aliphatic rings. The highest BCUT2D eigenvalue weighted by Gasteiger charge is 2.43. The molecule has 0 unspecified atom stereocenters. The highest BCUT2D eigenvalue weighted by molar-refractivity contribution is 7.80. The summed E-state index contributed by atoms with van der Waals surface area (Å²) >= 11 is 13.0. The van der Waals surface area contributed by atoms with Crippen LogP contribution in [-0.2, 0) is 0 Å². The van der Waals surface area contributed by atoms with Gasteiger partial charge in [-0.15, -0.1) is 0 Å². The van der Waals surface area contributed by atoms with Gasteiger partial charge in [-0.1, -0.05) is 31.5 Å². The minimum absolute atomic E-state index is 0.0374. The molecule has 0 bridgehead atoms. The topological polar surface area (TPSA) is 88.7 Å². The van der Waals surface area contributed by atoms with Crippen molar-refractivity contribution in [2.24, 2.45) is 11.8 Å². The van der Waals surface area contributed by atoms with Crippen molar-refractivity contribution in [3.63, 3.8) is 0 Å². The lowest BCUT2D eigenvalue weighted by Gasteiger charge is -2.37. The van der Waals surface area contributed by atoms with Crippen LogP contribution >= 0.6 is 23.8 Å². The number of methoxy groups -OCH3 is 1. The second-order valence-corrected chi connectivity index (χ2v) is 13.1. The first-order chi connectivity index (χ1) is 21.6. The first kappa shape index (κ1) is 30.9. The Hall–Kier alpha value is -4.15. The normalized spacial score (nSPS) is 21.6. The van der Waals surface area contributed by atoms with Crippen LogP contribution in [0.25, 0.3) is 5.69 Å². The number of anilines is 2. The molecule has 0 amide bonds. The Labute approximate surface area is 273 Å². The average Bonchev–Trinajstić information content (AvgIpc) is 3.51. The number of halogens is 1. The van der Waals surface area contributed by atoms with Gasteiger partial charge in [-0.3, -0.25) is 15.1 Å². The number of nitrogens with one attached hydrogen (secondary N) is 1. The van der Waals surface area contributed by atoms with Gasteiger partial charge in [-0.2, -0.15) is 0 Å². The maximum atomic E-state index is 12.2. The minimum atomic E-state index is -0.376. The third-order valence-electron chi connectivity index (χ3n) is 8.93. The molecule has 11 heteroatoms. The Bertz CT molecular complexity index is 1750. The molecule has 4 atom stereocenters. The molecule has 0 radical (unpaired) electrons. The molecule has 2 aromatic heterocycles. The first-order valence-electron chi connectivity index (χ1n) is 15.1. The third kappa shape index (κ3) is 5.73. The van der Waals surface area contributed by atoms with Gasteiger partial charge >= 0.3 is 0 Å². The van der Waals surface area contributed by atoms with Crippen molar-refractivity contribution in [1.29, 1.82) is 0 Å². The van der Waals surface area contributed by atoms with Crippen molar-refractivity contribution in [2.75, 3.05) is 30.0 Å². The Kier molecular flexibility index (Phi) is 8.45. The largest absolute Gasteiger partial charge is 0.496 e. The summed E-state index contributed by atoms with van der Waals surface area (Å²) in [6.07, 6.45) is 2.99. The number of aryl methyl sites for hydroxylation is 1. The van der Waals surface area contributed by atoms with Crippen molar-refractivity contribution in [1.82, 2.24) is 14.9 Å². The molecule has 45 heavy (non-hydrogen) atoms. The van der Waals surface area contributed by atoms with Gasteiger partial charge in [-0.05, 0) is 98.4 Å². The van der Waals surface area contributed by atoms with Gasteiger partial charge < -0.3 is 24.4 Å². The van der Waals surface area contributed by atoms with Crippen LogP contribution in [0, 0.1) is 35.8 Å². The number of benzene rings is 2. The van der Waals surface area contributed by atoms with Crippen LogP contribution in [0.4, 0.5) is 17.1 Å². The summed E-state index contributed by atoms with van der Waals surface area (Å²) in [5.41, 5.74) is 5.85. The van der Waals surface area contributed by atoms with E-state index >= 15 is 0 Å². The molecule has 1 N–H and O–H groups in total. The Balaban J connectivity index is 1.46. The quantitative estimate of drug-likeness (QED) is 0.124. The first-order valence-corrected chi connectivity index (χ1v) is 15.9. The van der Waals surface area contributed by atoms with E-state index in [1.165, 1.54) is 19.6 Å². The van der Waals surface area contributed by atoms with Crippen molar-refractivity contribution in [3.05, 3.63) is 105 Å². The third-order valence-corrected chi connectivity index (χ3v) is 9.54. The molecule has 2 aromatic carbocycles. The number of ether oxygens (including phenoxy) is 1. The molecule has 0 aliphatic carbocycles. The maximum absolute atomic E-state index is 12.2. The number of nitro benzene ring substituents is 1. The second kappa shape index (κ2) is 12.3. The molecule has 2 saturated heterocycles. The van der Waals surface area contributed by atoms with Gasteiger partial charge in [0.15, 0.2) is 5.11 Å². The standard InChI is InChI=1S/C34H37ClN6O3S/c1-20-14-21(2)19-38(18-20)29-11-9-24(16-27(29)35)40-33(32(37-34(40)45)28-8-6-7-13-36-28)26-15-22(3)39(23(26)4)30-12-10-25(44-5)17-31(30)41(42)43/h6-13,15-17,20-21,32-33H,14,18-19H2,1-5H3,(H,37,45)/t20-,21-,32+,33-/m1/s1. The number of hydrogen-bond donors (Lipinski definition) is 1. The van der Waals surface area contributed by atoms with E-state index in [9.17, 15) is 10.1 Å². The molecule has 4 aromatic rings. The predicted octanol–water partition coefficient (Wildman–Crippen LogP) is 7.72. The summed E-state index contributed by atoms with van der Waals surface area (Å²) in [5.74, 6) is 1.62. The fourth-order valence-electron chi connectivity index (χ4n) is 7.13. The Morgan fingerprint density at radius 1 is 1.04 bits per heavy atom. The zero-order valence-corrected chi connectivity index (χ0v) is 27.6. The summed E-state index contributed by atoms with van der Waals surface area (Å²) in [7, 11) is 1.50. The van der Waals surface area contributed by atoms with Crippen LogP contribution in [0.5, 0.6) is 5.75 Å². The van der Waals surface area contributed by atoms with Gasteiger partial charge in [0.05, 0.1) is 46.6 Å². The van der Waals surface area contributed by atoms with E-state index in [2.05, 4.69) is 52.1 Å².